The van der Waals surface area contributed by atoms with E-state index in [0.717, 1.165) is 13.1 Å². The molecule has 0 amide bonds. The number of aryl methyl sites for hydroxylation is 1. The molecule has 0 aliphatic heterocycles. The van der Waals surface area contributed by atoms with Crippen LogP contribution in [-0.4, -0.2) is 22.6 Å². The zero-order valence-corrected chi connectivity index (χ0v) is 10.7. The van der Waals surface area contributed by atoms with Crippen molar-refractivity contribution in [3.05, 3.63) is 42.5 Å². The summed E-state index contributed by atoms with van der Waals surface area (Å²) in [5.74, 6) is 0. The molecule has 0 radical (unpaired) electrons. The summed E-state index contributed by atoms with van der Waals surface area (Å²) in [5, 5.41) is 0. The van der Waals surface area contributed by atoms with Crippen LogP contribution < -0.4 is 4.90 Å². The normalized spacial score (nSPS) is 10.5. The second kappa shape index (κ2) is 5.04. The molecule has 2 rings (SSSR count). The number of hydrogen-bond acceptors (Lipinski definition) is 2. The molecule has 1 heterocycles. The summed E-state index contributed by atoms with van der Waals surface area (Å²) in [6, 6.07) is 6.57. The summed E-state index contributed by atoms with van der Waals surface area (Å²) >= 11 is 0. The van der Waals surface area contributed by atoms with Crippen molar-refractivity contribution in [2.45, 2.75) is 20.8 Å². The van der Waals surface area contributed by atoms with Crippen molar-refractivity contribution < 1.29 is 0 Å². The van der Waals surface area contributed by atoms with Gasteiger partial charge in [-0.3, -0.25) is 0 Å². The molecule has 0 unspecified atom stereocenters. The van der Waals surface area contributed by atoms with Crippen molar-refractivity contribution in [1.82, 2.24) is 9.55 Å². The van der Waals surface area contributed by atoms with E-state index in [9.17, 15) is 0 Å². The first-order valence-corrected chi connectivity index (χ1v) is 6.10. The lowest BCUT2D eigenvalue weighted by Crippen LogP contribution is -2.21. The smallest absolute Gasteiger partial charge is 0.0991 e. The van der Waals surface area contributed by atoms with Gasteiger partial charge in [0.1, 0.15) is 0 Å². The lowest BCUT2D eigenvalue weighted by atomic mass is 10.1. The zero-order valence-electron chi connectivity index (χ0n) is 10.7. The van der Waals surface area contributed by atoms with E-state index in [2.05, 4.69) is 48.9 Å². The summed E-state index contributed by atoms with van der Waals surface area (Å²) in [7, 11) is 0. The average molecular weight is 229 g/mol. The third kappa shape index (κ3) is 2.33. The van der Waals surface area contributed by atoms with Crippen LogP contribution in [0.4, 0.5) is 5.69 Å². The van der Waals surface area contributed by atoms with E-state index in [1.165, 1.54) is 16.9 Å². The van der Waals surface area contributed by atoms with Crippen molar-refractivity contribution in [1.29, 1.82) is 0 Å². The van der Waals surface area contributed by atoms with E-state index in [4.69, 9.17) is 0 Å². The molecule has 1 aromatic carbocycles. The van der Waals surface area contributed by atoms with Gasteiger partial charge in [-0.15, -0.1) is 0 Å². The van der Waals surface area contributed by atoms with Gasteiger partial charge >= 0.3 is 0 Å². The van der Waals surface area contributed by atoms with Crippen LogP contribution in [0.5, 0.6) is 0 Å². The minimum atomic E-state index is 1.04. The Kier molecular flexibility index (Phi) is 3.47. The molecule has 0 saturated carbocycles. The van der Waals surface area contributed by atoms with Crippen LogP contribution in [-0.2, 0) is 0 Å². The molecule has 1 aromatic heterocycles. The molecule has 0 aliphatic carbocycles. The molecule has 3 nitrogen and oxygen atoms in total. The average Bonchev–Trinajstić information content (AvgIpc) is 2.84. The maximum absolute atomic E-state index is 4.08. The monoisotopic (exact) mass is 229 g/mol. The van der Waals surface area contributed by atoms with E-state index in [1.807, 2.05) is 17.1 Å². The highest BCUT2D eigenvalue weighted by molar-refractivity contribution is 5.55. The van der Waals surface area contributed by atoms with E-state index >= 15 is 0 Å². The van der Waals surface area contributed by atoms with Gasteiger partial charge in [0.25, 0.3) is 0 Å². The number of imidazole rings is 1. The van der Waals surface area contributed by atoms with Crippen LogP contribution in [0.25, 0.3) is 5.69 Å². The van der Waals surface area contributed by atoms with Gasteiger partial charge < -0.3 is 9.47 Å². The fourth-order valence-electron chi connectivity index (χ4n) is 2.12. The molecular weight excluding hydrogens is 210 g/mol. The van der Waals surface area contributed by atoms with Gasteiger partial charge in [-0.05, 0) is 44.5 Å². The van der Waals surface area contributed by atoms with Crippen LogP contribution in [0, 0.1) is 6.92 Å². The van der Waals surface area contributed by atoms with Crippen molar-refractivity contribution >= 4 is 5.69 Å². The van der Waals surface area contributed by atoms with E-state index in [0.29, 0.717) is 0 Å². The Morgan fingerprint density at radius 3 is 2.53 bits per heavy atom. The van der Waals surface area contributed by atoms with E-state index < -0.39 is 0 Å². The maximum atomic E-state index is 4.08. The standard InChI is InChI=1S/C14H19N3/c1-4-16(5-2)13-6-7-14(12(3)10-13)17-9-8-15-11-17/h6-11H,4-5H2,1-3H3. The molecule has 3 heteroatoms. The van der Waals surface area contributed by atoms with Gasteiger partial charge in [-0.25, -0.2) is 4.98 Å². The largest absolute Gasteiger partial charge is 0.372 e. The SMILES string of the molecule is CCN(CC)c1ccc(-n2ccnc2)c(C)c1. The summed E-state index contributed by atoms with van der Waals surface area (Å²) in [6.45, 7) is 8.59. The molecule has 0 bridgehead atoms. The Hall–Kier alpha value is -1.77. The second-order valence-corrected chi connectivity index (χ2v) is 4.11. The highest BCUT2D eigenvalue weighted by atomic mass is 15.1. The molecular formula is C14H19N3. The molecule has 0 spiro atoms. The third-order valence-electron chi connectivity index (χ3n) is 3.09. The van der Waals surface area contributed by atoms with Crippen LogP contribution >= 0.6 is 0 Å². The Morgan fingerprint density at radius 2 is 2.00 bits per heavy atom. The first kappa shape index (κ1) is 11.7. The van der Waals surface area contributed by atoms with Crippen molar-refractivity contribution in [2.24, 2.45) is 0 Å². The first-order chi connectivity index (χ1) is 8.26. The molecule has 0 atom stereocenters. The molecule has 2 aromatic rings. The van der Waals surface area contributed by atoms with Gasteiger partial charge in [-0.1, -0.05) is 0 Å². The molecule has 0 aliphatic rings. The topological polar surface area (TPSA) is 21.1 Å². The quantitative estimate of drug-likeness (QED) is 0.803. The Labute approximate surface area is 103 Å². The van der Waals surface area contributed by atoms with Gasteiger partial charge in [-0.2, -0.15) is 0 Å². The van der Waals surface area contributed by atoms with Crippen LogP contribution in [0.1, 0.15) is 19.4 Å². The predicted molar refractivity (Wildman–Crippen MR) is 71.9 cm³/mol. The summed E-state index contributed by atoms with van der Waals surface area (Å²) in [5.41, 5.74) is 3.75. The number of rotatable bonds is 4. The minimum Gasteiger partial charge on any atom is -0.372 e. The summed E-state index contributed by atoms with van der Waals surface area (Å²) in [4.78, 5) is 6.43. The zero-order chi connectivity index (χ0) is 12.3. The lowest BCUT2D eigenvalue weighted by Gasteiger charge is -2.22. The fraction of sp³-hybridized carbons (Fsp3) is 0.357. The molecule has 0 fully saturated rings. The van der Waals surface area contributed by atoms with Crippen LogP contribution in [0.2, 0.25) is 0 Å². The fourth-order valence-corrected chi connectivity index (χ4v) is 2.12. The Bertz CT molecular complexity index is 470. The highest BCUT2D eigenvalue weighted by Gasteiger charge is 2.05. The Balaban J connectivity index is 2.35. The molecule has 90 valence electrons. The van der Waals surface area contributed by atoms with E-state index in [-0.39, 0.29) is 0 Å². The molecule has 0 N–H and O–H groups in total. The van der Waals surface area contributed by atoms with Crippen molar-refractivity contribution in [2.75, 3.05) is 18.0 Å². The molecule has 0 saturated heterocycles. The van der Waals surface area contributed by atoms with Crippen LogP contribution in [0.3, 0.4) is 0 Å². The van der Waals surface area contributed by atoms with Crippen molar-refractivity contribution in [3.63, 3.8) is 0 Å². The van der Waals surface area contributed by atoms with Gasteiger partial charge in [0.15, 0.2) is 0 Å². The minimum absolute atomic E-state index is 1.04. The second-order valence-electron chi connectivity index (χ2n) is 4.11. The Morgan fingerprint density at radius 1 is 1.24 bits per heavy atom. The van der Waals surface area contributed by atoms with Gasteiger partial charge in [0.05, 0.1) is 6.33 Å². The number of aromatic nitrogens is 2. The maximum Gasteiger partial charge on any atom is 0.0991 e. The number of anilines is 1. The van der Waals surface area contributed by atoms with Gasteiger partial charge in [0.2, 0.25) is 0 Å². The number of nitrogens with zero attached hydrogens (tertiary/aromatic N) is 3. The number of benzene rings is 1. The molecule has 17 heavy (non-hydrogen) atoms. The van der Waals surface area contributed by atoms with Crippen molar-refractivity contribution in [3.8, 4) is 5.69 Å². The lowest BCUT2D eigenvalue weighted by molar-refractivity contribution is 0.864. The predicted octanol–water partition coefficient (Wildman–Crippen LogP) is 3.03. The summed E-state index contributed by atoms with van der Waals surface area (Å²) in [6.07, 6.45) is 5.61. The van der Waals surface area contributed by atoms with Gasteiger partial charge in [0, 0.05) is 36.9 Å². The number of hydrogen-bond donors (Lipinski definition) is 0. The third-order valence-corrected chi connectivity index (χ3v) is 3.09. The van der Waals surface area contributed by atoms with Crippen LogP contribution in [0.15, 0.2) is 36.9 Å². The van der Waals surface area contributed by atoms with E-state index in [1.54, 1.807) is 6.20 Å². The summed E-state index contributed by atoms with van der Waals surface area (Å²) < 4.78 is 2.04. The highest BCUT2D eigenvalue weighted by Crippen LogP contribution is 2.21. The first-order valence-electron chi connectivity index (χ1n) is 6.10.